The number of nitrogens with zero attached hydrogens (tertiary/aromatic N) is 1. The minimum atomic E-state index is -1.34. The van der Waals surface area contributed by atoms with Crippen molar-refractivity contribution in [3.63, 3.8) is 0 Å². The van der Waals surface area contributed by atoms with Gasteiger partial charge < -0.3 is 20.4 Å². The highest BCUT2D eigenvalue weighted by molar-refractivity contribution is 5.86. The van der Waals surface area contributed by atoms with Gasteiger partial charge in [0.05, 0.1) is 6.61 Å². The first-order valence-corrected chi connectivity index (χ1v) is 9.99. The van der Waals surface area contributed by atoms with Crippen LogP contribution in [0, 0.1) is 0 Å². The molecule has 0 bridgehead atoms. The van der Waals surface area contributed by atoms with Gasteiger partial charge in [0, 0.05) is 25.2 Å². The van der Waals surface area contributed by atoms with Gasteiger partial charge in [-0.2, -0.15) is 0 Å². The summed E-state index contributed by atoms with van der Waals surface area (Å²) in [6.07, 6.45) is 7.16. The maximum atomic E-state index is 12.9. The highest BCUT2D eigenvalue weighted by Crippen LogP contribution is 2.31. The van der Waals surface area contributed by atoms with Crippen LogP contribution in [0.2, 0.25) is 0 Å². The van der Waals surface area contributed by atoms with E-state index < -0.39 is 5.60 Å². The Morgan fingerprint density at radius 3 is 2.50 bits per heavy atom. The number of aliphatic hydroxyl groups excluding tert-OH is 1. The van der Waals surface area contributed by atoms with Gasteiger partial charge in [-0.3, -0.25) is 4.79 Å². The van der Waals surface area contributed by atoms with Crippen molar-refractivity contribution in [3.05, 3.63) is 35.9 Å². The van der Waals surface area contributed by atoms with Crippen molar-refractivity contribution < 1.29 is 15.0 Å². The number of hydrogen-bond donors (Lipinski definition) is 3. The molecule has 0 radical (unpaired) electrons. The highest BCUT2D eigenvalue weighted by Gasteiger charge is 2.44. The topological polar surface area (TPSA) is 72.8 Å². The van der Waals surface area contributed by atoms with Crippen LogP contribution in [-0.2, 0) is 11.2 Å². The number of β-amino-alcohol motifs (C(OH)–C–C–N with tert-alkyl or cyclic N) is 1. The van der Waals surface area contributed by atoms with Crippen molar-refractivity contribution in [2.75, 3.05) is 26.2 Å². The van der Waals surface area contributed by atoms with E-state index in [0.717, 1.165) is 51.5 Å². The van der Waals surface area contributed by atoms with Crippen LogP contribution in [0.5, 0.6) is 0 Å². The Hall–Kier alpha value is -1.43. The van der Waals surface area contributed by atoms with Crippen molar-refractivity contribution in [3.8, 4) is 0 Å². The number of amides is 1. The van der Waals surface area contributed by atoms with Gasteiger partial charge in [0.25, 0.3) is 5.91 Å². The molecule has 144 valence electrons. The van der Waals surface area contributed by atoms with E-state index in [2.05, 4.69) is 17.4 Å². The largest absolute Gasteiger partial charge is 0.394 e. The zero-order chi connectivity index (χ0) is 18.5. The average Bonchev–Trinajstić information content (AvgIpc) is 3.14. The van der Waals surface area contributed by atoms with Crippen LogP contribution in [0.15, 0.2) is 30.3 Å². The molecule has 1 amide bonds. The van der Waals surface area contributed by atoms with Crippen LogP contribution in [0.3, 0.4) is 0 Å². The van der Waals surface area contributed by atoms with E-state index in [0.29, 0.717) is 13.0 Å². The fourth-order valence-electron chi connectivity index (χ4n) is 4.34. The number of nitrogens with one attached hydrogen (secondary N) is 1. The lowest BCUT2D eigenvalue weighted by Gasteiger charge is -2.40. The molecule has 2 fully saturated rings. The van der Waals surface area contributed by atoms with E-state index in [1.54, 1.807) is 0 Å². The molecule has 1 heterocycles. The summed E-state index contributed by atoms with van der Waals surface area (Å²) in [5.74, 6) is -0.157. The van der Waals surface area contributed by atoms with E-state index in [9.17, 15) is 15.0 Å². The van der Waals surface area contributed by atoms with Gasteiger partial charge in [-0.1, -0.05) is 43.2 Å². The Balaban J connectivity index is 1.52. The fourth-order valence-corrected chi connectivity index (χ4v) is 4.34. The van der Waals surface area contributed by atoms with Crippen molar-refractivity contribution in [2.45, 2.75) is 62.5 Å². The summed E-state index contributed by atoms with van der Waals surface area (Å²) < 4.78 is 0. The number of carbonyl (C=O) groups is 1. The standard InChI is InChI=1S/C21H32N2O3/c24-17-20(11-4-5-12-20)22-16-21(26)13-7-15-23(19(21)25)14-6-10-18-8-2-1-3-9-18/h1-3,8-9,22,24,26H,4-7,10-17H2. The second kappa shape index (κ2) is 8.51. The molecule has 1 aromatic carbocycles. The third-order valence-corrected chi connectivity index (χ3v) is 6.06. The van der Waals surface area contributed by atoms with Gasteiger partial charge in [0.1, 0.15) is 0 Å². The van der Waals surface area contributed by atoms with E-state index >= 15 is 0 Å². The minimum Gasteiger partial charge on any atom is -0.394 e. The molecular weight excluding hydrogens is 328 g/mol. The molecular formula is C21H32N2O3. The molecule has 1 atom stereocenters. The fraction of sp³-hybridized carbons (Fsp3) is 0.667. The van der Waals surface area contributed by atoms with Crippen LogP contribution >= 0.6 is 0 Å². The maximum Gasteiger partial charge on any atom is 0.255 e. The minimum absolute atomic E-state index is 0.0675. The van der Waals surface area contributed by atoms with E-state index in [1.807, 2.05) is 23.1 Å². The van der Waals surface area contributed by atoms with Gasteiger partial charge in [-0.25, -0.2) is 0 Å². The number of piperidine rings is 1. The van der Waals surface area contributed by atoms with Gasteiger partial charge >= 0.3 is 0 Å². The van der Waals surface area contributed by atoms with Gasteiger partial charge in [-0.05, 0) is 44.1 Å². The summed E-state index contributed by atoms with van der Waals surface area (Å²) in [5, 5.41) is 24.0. The molecule has 1 aliphatic carbocycles. The van der Waals surface area contributed by atoms with Crippen molar-refractivity contribution >= 4 is 5.91 Å². The molecule has 3 rings (SSSR count). The third-order valence-electron chi connectivity index (χ3n) is 6.06. The maximum absolute atomic E-state index is 12.9. The molecule has 2 aliphatic rings. The van der Waals surface area contributed by atoms with Crippen LogP contribution in [0.25, 0.3) is 0 Å². The number of carbonyl (C=O) groups excluding carboxylic acids is 1. The van der Waals surface area contributed by atoms with Crippen LogP contribution in [0.1, 0.15) is 50.5 Å². The Morgan fingerprint density at radius 2 is 1.81 bits per heavy atom. The van der Waals surface area contributed by atoms with Crippen LogP contribution < -0.4 is 5.32 Å². The summed E-state index contributed by atoms with van der Waals surface area (Å²) in [4.78, 5) is 14.7. The van der Waals surface area contributed by atoms with Crippen LogP contribution in [-0.4, -0.2) is 58.4 Å². The summed E-state index contributed by atoms with van der Waals surface area (Å²) >= 11 is 0. The number of hydrogen-bond acceptors (Lipinski definition) is 4. The molecule has 5 heteroatoms. The lowest BCUT2D eigenvalue weighted by atomic mass is 9.89. The monoisotopic (exact) mass is 360 g/mol. The molecule has 0 spiro atoms. The molecule has 1 saturated heterocycles. The van der Waals surface area contributed by atoms with Crippen LogP contribution in [0.4, 0.5) is 0 Å². The van der Waals surface area contributed by atoms with E-state index in [1.165, 1.54) is 5.56 Å². The van der Waals surface area contributed by atoms with E-state index in [4.69, 9.17) is 0 Å². The number of rotatable bonds is 8. The van der Waals surface area contributed by atoms with Crippen molar-refractivity contribution in [1.82, 2.24) is 10.2 Å². The van der Waals surface area contributed by atoms with Gasteiger partial charge in [-0.15, -0.1) is 0 Å². The van der Waals surface area contributed by atoms with Gasteiger partial charge in [0.15, 0.2) is 5.60 Å². The molecule has 3 N–H and O–H groups in total. The Kier molecular flexibility index (Phi) is 6.33. The lowest BCUT2D eigenvalue weighted by Crippen LogP contribution is -2.61. The molecule has 0 aromatic heterocycles. The predicted molar refractivity (Wildman–Crippen MR) is 102 cm³/mol. The first-order chi connectivity index (χ1) is 12.6. The molecule has 5 nitrogen and oxygen atoms in total. The Labute approximate surface area is 156 Å². The molecule has 1 saturated carbocycles. The zero-order valence-electron chi connectivity index (χ0n) is 15.6. The first-order valence-electron chi connectivity index (χ1n) is 9.99. The predicted octanol–water partition coefficient (Wildman–Crippen LogP) is 1.87. The summed E-state index contributed by atoms with van der Waals surface area (Å²) in [6.45, 7) is 1.71. The molecule has 1 aromatic rings. The van der Waals surface area contributed by atoms with E-state index in [-0.39, 0.29) is 24.6 Å². The summed E-state index contributed by atoms with van der Waals surface area (Å²) in [7, 11) is 0. The lowest BCUT2D eigenvalue weighted by molar-refractivity contribution is -0.157. The SMILES string of the molecule is O=C1N(CCCc2ccccc2)CCCC1(O)CNC1(CO)CCCC1. The second-order valence-electron chi connectivity index (χ2n) is 8.02. The summed E-state index contributed by atoms with van der Waals surface area (Å²) in [6, 6.07) is 10.3. The number of aryl methyl sites for hydroxylation is 1. The zero-order valence-corrected chi connectivity index (χ0v) is 15.6. The number of aliphatic hydroxyl groups is 2. The molecule has 26 heavy (non-hydrogen) atoms. The highest BCUT2D eigenvalue weighted by atomic mass is 16.3. The third kappa shape index (κ3) is 4.45. The Morgan fingerprint density at radius 1 is 1.08 bits per heavy atom. The van der Waals surface area contributed by atoms with Gasteiger partial charge in [0.2, 0.25) is 0 Å². The average molecular weight is 360 g/mol. The van der Waals surface area contributed by atoms with Crippen molar-refractivity contribution in [2.24, 2.45) is 0 Å². The Bertz CT molecular complexity index is 586. The molecule has 1 aliphatic heterocycles. The normalized spacial score (nSPS) is 25.6. The summed E-state index contributed by atoms with van der Waals surface area (Å²) in [5.41, 5.74) is -0.374. The van der Waals surface area contributed by atoms with Crippen molar-refractivity contribution in [1.29, 1.82) is 0 Å². The second-order valence-corrected chi connectivity index (χ2v) is 8.02. The molecule has 1 unspecified atom stereocenters. The number of benzene rings is 1. The first kappa shape index (κ1) is 19.3. The number of likely N-dealkylation sites (tertiary alicyclic amines) is 1. The smallest absolute Gasteiger partial charge is 0.255 e. The quantitative estimate of drug-likeness (QED) is 0.662.